The maximum Gasteiger partial charge on any atom is 0.325 e. The van der Waals surface area contributed by atoms with Crippen molar-refractivity contribution in [2.24, 2.45) is 0 Å². The molecule has 0 atom stereocenters. The highest BCUT2D eigenvalue weighted by Gasteiger charge is 2.17. The molecule has 1 aromatic heterocycles. The van der Waals surface area contributed by atoms with Crippen molar-refractivity contribution in [2.45, 2.75) is 20.0 Å². The number of rotatable bonds is 8. The van der Waals surface area contributed by atoms with Gasteiger partial charge in [-0.3, -0.25) is 19.5 Å². The number of carbonyl (C=O) groups is 2. The molecule has 0 saturated heterocycles. The number of halogens is 2. The first-order valence-electron chi connectivity index (χ1n) is 11.8. The molecule has 9 nitrogen and oxygen atoms in total. The number of hydrogen-bond donors (Lipinski definition) is 4. The van der Waals surface area contributed by atoms with E-state index in [1.165, 1.54) is 29.0 Å². The van der Waals surface area contributed by atoms with Crippen LogP contribution in [0.3, 0.4) is 0 Å². The first-order chi connectivity index (χ1) is 18.7. The second-order valence-corrected chi connectivity index (χ2v) is 9.46. The predicted molar refractivity (Wildman–Crippen MR) is 154 cm³/mol. The van der Waals surface area contributed by atoms with Crippen LogP contribution in [-0.4, -0.2) is 27.2 Å². The lowest BCUT2D eigenvalue weighted by atomic mass is 10.1. The van der Waals surface area contributed by atoms with Gasteiger partial charge in [0.1, 0.15) is 6.54 Å². The van der Waals surface area contributed by atoms with Gasteiger partial charge in [-0.25, -0.2) is 9.78 Å². The molecule has 0 fully saturated rings. The molecule has 0 aliphatic heterocycles. The van der Waals surface area contributed by atoms with Crippen LogP contribution in [0.2, 0.25) is 10.0 Å². The van der Waals surface area contributed by atoms with E-state index >= 15 is 0 Å². The number of nitrogens with one attached hydrogen (secondary N) is 4. The number of carbonyl (C=O) groups excluding carboxylic acids is 2. The summed E-state index contributed by atoms with van der Waals surface area (Å²) in [7, 11) is 0. The van der Waals surface area contributed by atoms with Gasteiger partial charge < -0.3 is 16.0 Å². The highest BCUT2D eigenvalue weighted by atomic mass is 35.5. The zero-order valence-corrected chi connectivity index (χ0v) is 22.3. The minimum absolute atomic E-state index is 0.242. The van der Waals surface area contributed by atoms with Crippen LogP contribution in [0.15, 0.2) is 83.8 Å². The highest BCUT2D eigenvalue weighted by molar-refractivity contribution is 6.35. The number of anilines is 2. The lowest BCUT2D eigenvalue weighted by Gasteiger charge is -2.15. The summed E-state index contributed by atoms with van der Waals surface area (Å²) in [4.78, 5) is 43.0. The lowest BCUT2D eigenvalue weighted by molar-refractivity contribution is -0.121. The Balaban J connectivity index is 1.54. The van der Waals surface area contributed by atoms with Gasteiger partial charge in [0.25, 0.3) is 5.56 Å². The fourth-order valence-electron chi connectivity index (χ4n) is 3.74. The van der Waals surface area contributed by atoms with Gasteiger partial charge in [0.05, 0.1) is 11.9 Å². The number of amides is 3. The number of urea groups is 1. The Kier molecular flexibility index (Phi) is 8.75. The zero-order valence-electron chi connectivity index (χ0n) is 20.8. The normalized spacial score (nSPS) is 10.5. The molecule has 4 N–H and O–H groups in total. The van der Waals surface area contributed by atoms with Crippen molar-refractivity contribution < 1.29 is 9.59 Å². The first kappa shape index (κ1) is 27.6. The Bertz CT molecular complexity index is 1570. The standard InChI is InChI=1S/C28H24Cl2N6O3/c1-17(31)19-9-7-18(8-10-19)14-32-25(37)16-36-24(20-5-3-2-4-6-20)15-33-26(27(36)38)35-28(39)34-23-12-21(29)11-22(30)13-23/h2-13,15,31H,14,16H2,1H3,(H,32,37)(H2,33,34,35,39). The molecule has 0 bridgehead atoms. The average molecular weight is 563 g/mol. The molecular formula is C28H24Cl2N6O3. The smallest absolute Gasteiger partial charge is 0.325 e. The fraction of sp³-hybridized carbons (Fsp3) is 0.107. The second-order valence-electron chi connectivity index (χ2n) is 8.59. The molecular weight excluding hydrogens is 539 g/mol. The molecule has 4 aromatic rings. The van der Waals surface area contributed by atoms with Crippen molar-refractivity contribution in [1.82, 2.24) is 14.9 Å². The number of nitrogens with zero attached hydrogens (tertiary/aromatic N) is 2. The molecule has 4 rings (SSSR count). The molecule has 0 saturated carbocycles. The van der Waals surface area contributed by atoms with Gasteiger partial charge in [0.15, 0.2) is 0 Å². The molecule has 0 radical (unpaired) electrons. The third kappa shape index (κ3) is 7.31. The second kappa shape index (κ2) is 12.4. The number of benzene rings is 3. The van der Waals surface area contributed by atoms with Crippen LogP contribution >= 0.6 is 23.2 Å². The maximum absolute atomic E-state index is 13.4. The quantitative estimate of drug-likeness (QED) is 0.209. The van der Waals surface area contributed by atoms with Crippen LogP contribution in [0.5, 0.6) is 0 Å². The van der Waals surface area contributed by atoms with E-state index in [9.17, 15) is 14.4 Å². The monoisotopic (exact) mass is 562 g/mol. The largest absolute Gasteiger partial charge is 0.350 e. The molecule has 0 aliphatic rings. The summed E-state index contributed by atoms with van der Waals surface area (Å²) >= 11 is 12.0. The van der Waals surface area contributed by atoms with Crippen molar-refractivity contribution in [2.75, 3.05) is 10.6 Å². The maximum atomic E-state index is 13.4. The van der Waals surface area contributed by atoms with Crippen LogP contribution in [0, 0.1) is 5.41 Å². The summed E-state index contributed by atoms with van der Waals surface area (Å²) in [5.74, 6) is -0.664. The van der Waals surface area contributed by atoms with Gasteiger partial charge in [-0.15, -0.1) is 0 Å². The highest BCUT2D eigenvalue weighted by Crippen LogP contribution is 2.23. The van der Waals surface area contributed by atoms with E-state index in [0.717, 1.165) is 11.1 Å². The summed E-state index contributed by atoms with van der Waals surface area (Å²) in [6.07, 6.45) is 1.42. The van der Waals surface area contributed by atoms with Crippen molar-refractivity contribution in [1.29, 1.82) is 5.41 Å². The van der Waals surface area contributed by atoms with E-state index < -0.39 is 17.5 Å². The third-order valence-corrected chi connectivity index (χ3v) is 6.09. The van der Waals surface area contributed by atoms with E-state index in [1.54, 1.807) is 31.2 Å². The molecule has 1 heterocycles. The SMILES string of the molecule is CC(=N)c1ccc(CNC(=O)Cn2c(-c3ccccc3)cnc(NC(=O)Nc3cc(Cl)cc(Cl)c3)c2=O)cc1. The van der Waals surface area contributed by atoms with E-state index in [2.05, 4.69) is 20.9 Å². The van der Waals surface area contributed by atoms with E-state index in [-0.39, 0.29) is 18.9 Å². The van der Waals surface area contributed by atoms with Crippen molar-refractivity contribution in [3.8, 4) is 11.3 Å². The van der Waals surface area contributed by atoms with Gasteiger partial charge in [-0.05, 0) is 41.8 Å². The van der Waals surface area contributed by atoms with Crippen LogP contribution in [0.4, 0.5) is 16.3 Å². The molecule has 3 amide bonds. The fourth-order valence-corrected chi connectivity index (χ4v) is 4.26. The molecule has 0 unspecified atom stereocenters. The van der Waals surface area contributed by atoms with Crippen LogP contribution in [-0.2, 0) is 17.9 Å². The van der Waals surface area contributed by atoms with Crippen molar-refractivity contribution >= 4 is 52.4 Å². The minimum Gasteiger partial charge on any atom is -0.350 e. The van der Waals surface area contributed by atoms with Crippen LogP contribution in [0.25, 0.3) is 11.3 Å². The summed E-state index contributed by atoms with van der Waals surface area (Å²) in [6, 6.07) is 20.1. The van der Waals surface area contributed by atoms with E-state index in [4.69, 9.17) is 28.6 Å². The Labute approximate surface area is 234 Å². The number of hydrogen-bond acceptors (Lipinski definition) is 5. The van der Waals surface area contributed by atoms with Crippen LogP contribution in [0.1, 0.15) is 18.1 Å². The lowest BCUT2D eigenvalue weighted by Crippen LogP contribution is -2.35. The molecule has 0 spiro atoms. The minimum atomic E-state index is -0.731. The predicted octanol–water partition coefficient (Wildman–Crippen LogP) is 5.57. The average Bonchev–Trinajstić information content (AvgIpc) is 2.90. The Morgan fingerprint density at radius 1 is 0.949 bits per heavy atom. The van der Waals surface area contributed by atoms with Gasteiger partial charge in [0, 0.05) is 28.0 Å². The zero-order chi connectivity index (χ0) is 27.9. The molecule has 198 valence electrons. The molecule has 3 aromatic carbocycles. The van der Waals surface area contributed by atoms with Gasteiger partial charge in [0.2, 0.25) is 11.7 Å². The summed E-state index contributed by atoms with van der Waals surface area (Å²) in [5, 5.41) is 16.2. The first-order valence-corrected chi connectivity index (χ1v) is 12.6. The van der Waals surface area contributed by atoms with Gasteiger partial charge in [-0.1, -0.05) is 77.8 Å². The Hall–Kier alpha value is -4.47. The summed E-state index contributed by atoms with van der Waals surface area (Å²) in [5.41, 5.74) is 2.85. The van der Waals surface area contributed by atoms with Gasteiger partial charge in [-0.2, -0.15) is 0 Å². The third-order valence-electron chi connectivity index (χ3n) is 5.65. The Morgan fingerprint density at radius 3 is 2.26 bits per heavy atom. The van der Waals surface area contributed by atoms with Gasteiger partial charge >= 0.3 is 6.03 Å². The molecule has 39 heavy (non-hydrogen) atoms. The van der Waals surface area contributed by atoms with Crippen molar-refractivity contribution in [3.63, 3.8) is 0 Å². The Morgan fingerprint density at radius 2 is 1.62 bits per heavy atom. The van der Waals surface area contributed by atoms with E-state index in [1.807, 2.05) is 30.3 Å². The molecule has 0 aliphatic carbocycles. The molecule has 11 heteroatoms. The topological polar surface area (TPSA) is 129 Å². The summed E-state index contributed by atoms with van der Waals surface area (Å²) in [6.45, 7) is 1.64. The van der Waals surface area contributed by atoms with Crippen molar-refractivity contribution in [3.05, 3.63) is 111 Å². The van der Waals surface area contributed by atoms with E-state index in [0.29, 0.717) is 32.7 Å². The summed E-state index contributed by atoms with van der Waals surface area (Å²) < 4.78 is 1.26. The number of aromatic nitrogens is 2. The van der Waals surface area contributed by atoms with Crippen LogP contribution < -0.4 is 21.5 Å².